The Bertz CT molecular complexity index is 836. The van der Waals surface area contributed by atoms with Gasteiger partial charge in [0.1, 0.15) is 17.6 Å². The molecule has 2 N–H and O–H groups in total. The molecule has 25 heavy (non-hydrogen) atoms. The molecule has 1 atom stereocenters. The maximum atomic E-state index is 10.7. The van der Waals surface area contributed by atoms with E-state index >= 15 is 0 Å². The highest BCUT2D eigenvalue weighted by Crippen LogP contribution is 2.40. The fourth-order valence-electron chi connectivity index (χ4n) is 3.33. The number of furan rings is 1. The van der Waals surface area contributed by atoms with Crippen LogP contribution in [0.4, 0.5) is 0 Å². The Balaban J connectivity index is 1.67. The quantitative estimate of drug-likeness (QED) is 0.701. The Morgan fingerprint density at radius 3 is 2.76 bits per heavy atom. The molecule has 3 aromatic heterocycles. The van der Waals surface area contributed by atoms with E-state index in [9.17, 15) is 5.11 Å². The summed E-state index contributed by atoms with van der Waals surface area (Å²) < 4.78 is 7.17. The second-order valence-corrected chi connectivity index (χ2v) is 7.17. The van der Waals surface area contributed by atoms with Crippen molar-refractivity contribution < 1.29 is 14.6 Å². The van der Waals surface area contributed by atoms with E-state index in [1.165, 1.54) is 15.9 Å². The van der Waals surface area contributed by atoms with Crippen molar-refractivity contribution in [1.29, 1.82) is 0 Å². The molecule has 0 unspecified atom stereocenters. The van der Waals surface area contributed by atoms with Crippen LogP contribution in [0.25, 0.3) is 4.96 Å². The summed E-state index contributed by atoms with van der Waals surface area (Å²) in [4.78, 5) is 10.4. The molecule has 0 aliphatic carbocycles. The molecule has 1 aliphatic heterocycles. The van der Waals surface area contributed by atoms with E-state index < -0.39 is 0 Å². The van der Waals surface area contributed by atoms with E-state index in [0.29, 0.717) is 17.3 Å². The third-order valence-corrected chi connectivity index (χ3v) is 5.63. The van der Waals surface area contributed by atoms with E-state index in [4.69, 9.17) is 9.52 Å². The van der Waals surface area contributed by atoms with Gasteiger partial charge in [-0.3, -0.25) is 9.80 Å². The highest BCUT2D eigenvalue weighted by atomic mass is 32.1. The average molecular weight is 363 g/mol. The third-order valence-electron chi connectivity index (χ3n) is 4.55. The van der Waals surface area contributed by atoms with Crippen molar-refractivity contribution >= 4 is 16.3 Å². The Hall–Kier alpha value is -1.94. The molecule has 8 nitrogen and oxygen atoms in total. The number of aliphatic hydroxyl groups excluding tert-OH is 1. The number of fused-ring (bicyclic) bond motifs is 1. The van der Waals surface area contributed by atoms with Crippen LogP contribution in [0, 0.1) is 6.92 Å². The average Bonchev–Trinajstić information content (AvgIpc) is 3.30. The van der Waals surface area contributed by atoms with Gasteiger partial charge in [0, 0.05) is 32.7 Å². The molecule has 1 fully saturated rings. The number of aliphatic hydroxyl groups is 1. The number of thiazole rings is 1. The summed E-state index contributed by atoms with van der Waals surface area (Å²) in [6.45, 7) is 6.09. The number of aromatic hydroxyl groups is 1. The molecule has 4 rings (SSSR count). The molecule has 4 heterocycles. The molecule has 134 valence electrons. The second-order valence-electron chi connectivity index (χ2n) is 6.16. The standard InChI is InChI=1S/C16H21N5O3S/c1-11-17-16-21(18-11)15(23)14(25-16)13(12-3-2-10-24-12)20-6-4-19(5-7-20)8-9-22/h2-3,10,13,22-23H,4-9H2,1H3/t13-/m0/s1. The summed E-state index contributed by atoms with van der Waals surface area (Å²) >= 11 is 1.44. The zero-order valence-corrected chi connectivity index (χ0v) is 14.8. The number of hydrogen-bond donors (Lipinski definition) is 2. The largest absolute Gasteiger partial charge is 0.492 e. The summed E-state index contributed by atoms with van der Waals surface area (Å²) in [7, 11) is 0. The van der Waals surface area contributed by atoms with Crippen molar-refractivity contribution in [2.75, 3.05) is 39.3 Å². The lowest BCUT2D eigenvalue weighted by molar-refractivity contribution is 0.0883. The molecular formula is C16H21N5O3S. The summed E-state index contributed by atoms with van der Waals surface area (Å²) in [6, 6.07) is 3.63. The van der Waals surface area contributed by atoms with E-state index in [0.717, 1.165) is 36.8 Å². The van der Waals surface area contributed by atoms with Crippen LogP contribution in [0.3, 0.4) is 0 Å². The summed E-state index contributed by atoms with van der Waals surface area (Å²) in [6.07, 6.45) is 1.66. The lowest BCUT2D eigenvalue weighted by atomic mass is 10.1. The van der Waals surface area contributed by atoms with Crippen LogP contribution >= 0.6 is 11.3 Å². The molecule has 0 aromatic carbocycles. The first-order valence-corrected chi connectivity index (χ1v) is 9.14. The van der Waals surface area contributed by atoms with Gasteiger partial charge in [0.2, 0.25) is 10.8 Å². The number of β-amino-alcohol motifs (C(OH)–C–C–N with tert-alkyl or cyclic N) is 1. The minimum absolute atomic E-state index is 0.125. The van der Waals surface area contributed by atoms with Gasteiger partial charge in [0.15, 0.2) is 0 Å². The maximum Gasteiger partial charge on any atom is 0.230 e. The van der Waals surface area contributed by atoms with Gasteiger partial charge in [0.05, 0.1) is 17.7 Å². The fraction of sp³-hybridized carbons (Fsp3) is 0.500. The van der Waals surface area contributed by atoms with Crippen molar-refractivity contribution in [2.24, 2.45) is 0 Å². The molecule has 0 radical (unpaired) electrons. The number of hydrogen-bond acceptors (Lipinski definition) is 8. The van der Waals surface area contributed by atoms with Crippen LogP contribution in [-0.4, -0.2) is 73.9 Å². The predicted octanol–water partition coefficient (Wildman–Crippen LogP) is 1.10. The summed E-state index contributed by atoms with van der Waals surface area (Å²) in [5, 5.41) is 24.1. The van der Waals surface area contributed by atoms with Crippen molar-refractivity contribution in [3.05, 3.63) is 34.9 Å². The predicted molar refractivity (Wildman–Crippen MR) is 92.9 cm³/mol. The molecule has 0 spiro atoms. The van der Waals surface area contributed by atoms with E-state index in [1.807, 2.05) is 19.1 Å². The first kappa shape index (κ1) is 16.5. The minimum atomic E-state index is -0.167. The SMILES string of the molecule is Cc1nc2sc([C@H](c3ccco3)N3CCN(CCO)CC3)c(O)n2n1. The Morgan fingerprint density at radius 1 is 1.32 bits per heavy atom. The minimum Gasteiger partial charge on any atom is -0.492 e. The summed E-state index contributed by atoms with van der Waals surface area (Å²) in [5.74, 6) is 1.56. The van der Waals surface area contributed by atoms with Gasteiger partial charge in [0.25, 0.3) is 0 Å². The van der Waals surface area contributed by atoms with Gasteiger partial charge in [-0.05, 0) is 19.1 Å². The lowest BCUT2D eigenvalue weighted by Crippen LogP contribution is -2.48. The first-order chi connectivity index (χ1) is 12.2. The van der Waals surface area contributed by atoms with Gasteiger partial charge < -0.3 is 14.6 Å². The molecule has 1 aliphatic rings. The number of rotatable bonds is 5. The van der Waals surface area contributed by atoms with E-state index in [2.05, 4.69) is 19.9 Å². The van der Waals surface area contributed by atoms with Crippen molar-refractivity contribution in [3.8, 4) is 5.88 Å². The highest BCUT2D eigenvalue weighted by molar-refractivity contribution is 7.17. The van der Waals surface area contributed by atoms with Crippen LogP contribution < -0.4 is 0 Å². The van der Waals surface area contributed by atoms with Crippen LogP contribution in [0.2, 0.25) is 0 Å². The molecule has 0 amide bonds. The molecule has 0 bridgehead atoms. The zero-order chi connectivity index (χ0) is 17.4. The smallest absolute Gasteiger partial charge is 0.230 e. The van der Waals surface area contributed by atoms with Crippen molar-refractivity contribution in [1.82, 2.24) is 24.4 Å². The van der Waals surface area contributed by atoms with Crippen LogP contribution in [0.15, 0.2) is 22.8 Å². The van der Waals surface area contributed by atoms with Gasteiger partial charge >= 0.3 is 0 Å². The monoisotopic (exact) mass is 363 g/mol. The second kappa shape index (κ2) is 6.75. The molecule has 1 saturated heterocycles. The number of aromatic nitrogens is 3. The van der Waals surface area contributed by atoms with Crippen LogP contribution in [-0.2, 0) is 0 Å². The van der Waals surface area contributed by atoms with Crippen LogP contribution in [0.1, 0.15) is 22.5 Å². The van der Waals surface area contributed by atoms with Gasteiger partial charge in [-0.15, -0.1) is 5.10 Å². The normalized spacial score (nSPS) is 18.2. The topological polar surface area (TPSA) is 90.3 Å². The van der Waals surface area contributed by atoms with Gasteiger partial charge in [-0.2, -0.15) is 4.52 Å². The van der Waals surface area contributed by atoms with Crippen LogP contribution in [0.5, 0.6) is 5.88 Å². The molecular weight excluding hydrogens is 342 g/mol. The highest BCUT2D eigenvalue weighted by Gasteiger charge is 2.33. The first-order valence-electron chi connectivity index (χ1n) is 8.33. The third kappa shape index (κ3) is 3.04. The van der Waals surface area contributed by atoms with E-state index in [-0.39, 0.29) is 18.5 Å². The molecule has 3 aromatic rings. The van der Waals surface area contributed by atoms with Crippen molar-refractivity contribution in [3.63, 3.8) is 0 Å². The van der Waals surface area contributed by atoms with Gasteiger partial charge in [-0.1, -0.05) is 11.3 Å². The number of nitrogens with zero attached hydrogens (tertiary/aromatic N) is 5. The number of piperazine rings is 1. The molecule has 9 heteroatoms. The Morgan fingerprint density at radius 2 is 2.12 bits per heavy atom. The Kier molecular flexibility index (Phi) is 4.46. The zero-order valence-electron chi connectivity index (χ0n) is 14.0. The fourth-order valence-corrected chi connectivity index (χ4v) is 4.48. The lowest BCUT2D eigenvalue weighted by Gasteiger charge is -2.37. The van der Waals surface area contributed by atoms with Crippen molar-refractivity contribution in [2.45, 2.75) is 13.0 Å². The van der Waals surface area contributed by atoms with E-state index in [1.54, 1.807) is 6.26 Å². The number of aryl methyl sites for hydroxylation is 1. The molecule has 0 saturated carbocycles. The maximum absolute atomic E-state index is 10.7. The Labute approximate surface area is 148 Å². The van der Waals surface area contributed by atoms with Gasteiger partial charge in [-0.25, -0.2) is 4.98 Å². The summed E-state index contributed by atoms with van der Waals surface area (Å²) in [5.41, 5.74) is 0.